The highest BCUT2D eigenvalue weighted by Gasteiger charge is 2.48. The van der Waals surface area contributed by atoms with E-state index in [0.717, 1.165) is 18.2 Å². The predicted molar refractivity (Wildman–Crippen MR) is 203 cm³/mol. The van der Waals surface area contributed by atoms with Crippen molar-refractivity contribution in [3.63, 3.8) is 0 Å². The summed E-state index contributed by atoms with van der Waals surface area (Å²) < 4.78 is 44.6. The molecule has 10 unspecified atom stereocenters. The van der Waals surface area contributed by atoms with E-state index in [1.165, 1.54) is 61.7 Å². The molecular formula is C40H41O21+. The third kappa shape index (κ3) is 10.4. The summed E-state index contributed by atoms with van der Waals surface area (Å²) in [4.78, 5) is 46.0. The first-order valence-electron chi connectivity index (χ1n) is 18.3. The number of rotatable bonds is 14. The number of ether oxygens (including phenoxy) is 7. The molecule has 4 aliphatic rings. The number of phenolic OH excluding ortho intramolecular Hbond substituents is 2. The lowest BCUT2D eigenvalue weighted by Gasteiger charge is -2.40. The van der Waals surface area contributed by atoms with Gasteiger partial charge in [-0.3, -0.25) is 14.4 Å². The Bertz CT molecular complexity index is 2250. The summed E-state index contributed by atoms with van der Waals surface area (Å²) in [5, 5.41) is 93.0. The molecule has 0 aromatic heterocycles. The monoisotopic (exact) mass is 857 g/mol. The van der Waals surface area contributed by atoms with Gasteiger partial charge in [-0.15, -0.1) is 0 Å². The van der Waals surface area contributed by atoms with Crippen LogP contribution in [-0.4, -0.2) is 150 Å². The average Bonchev–Trinajstić information content (AvgIpc) is 3.22. The molecule has 2 aromatic rings. The van der Waals surface area contributed by atoms with Crippen LogP contribution < -0.4 is 19.6 Å². The van der Waals surface area contributed by atoms with E-state index in [0.29, 0.717) is 5.56 Å². The number of carboxylic acids is 1. The van der Waals surface area contributed by atoms with E-state index in [-0.39, 0.29) is 51.4 Å². The first-order chi connectivity index (χ1) is 29.0. The molecular weight excluding hydrogens is 816 g/mol. The number of esters is 2. The number of hydrogen-bond acceptors (Lipinski definition) is 19. The number of fused-ring (bicyclic) bond motifs is 1. The zero-order chi connectivity index (χ0) is 44.1. The van der Waals surface area contributed by atoms with Gasteiger partial charge in [0.05, 0.1) is 18.7 Å². The van der Waals surface area contributed by atoms with Crippen molar-refractivity contribution in [3.8, 4) is 51.4 Å². The van der Waals surface area contributed by atoms with Gasteiger partial charge in [0, 0.05) is 17.7 Å². The number of phenols is 2. The zero-order valence-corrected chi connectivity index (χ0v) is 31.8. The van der Waals surface area contributed by atoms with Gasteiger partial charge < -0.3 is 88.3 Å². The predicted octanol–water partition coefficient (Wildman–Crippen LogP) is -0.545. The number of methoxy groups -OCH3 is 1. The molecule has 10 N–H and O–H groups in total. The fourth-order valence-corrected chi connectivity index (χ4v) is 6.24. The second-order valence-electron chi connectivity index (χ2n) is 13.8. The van der Waals surface area contributed by atoms with Crippen LogP contribution in [0.3, 0.4) is 0 Å². The maximum Gasteiger partial charge on any atom is 0.510 e. The van der Waals surface area contributed by atoms with Crippen LogP contribution in [0.25, 0.3) is 28.7 Å². The highest BCUT2D eigenvalue weighted by Crippen LogP contribution is 2.43. The quantitative estimate of drug-likeness (QED) is 0.0333. The Balaban J connectivity index is 1.27. The van der Waals surface area contributed by atoms with Gasteiger partial charge in [-0.2, -0.15) is 0 Å². The van der Waals surface area contributed by atoms with Gasteiger partial charge in [0.15, 0.2) is 34.5 Å². The topological polar surface area (TPSA) is 332 Å². The first kappa shape index (κ1) is 44.3. The molecule has 3 aliphatic heterocycles. The van der Waals surface area contributed by atoms with E-state index in [4.69, 9.17) is 42.7 Å². The summed E-state index contributed by atoms with van der Waals surface area (Å²) in [7, 11) is 1.36. The van der Waals surface area contributed by atoms with Crippen molar-refractivity contribution in [2.45, 2.75) is 67.8 Å². The molecule has 0 saturated carbocycles. The Kier molecular flexibility index (Phi) is 13.8. The van der Waals surface area contributed by atoms with Crippen LogP contribution in [0.1, 0.15) is 12.0 Å². The molecule has 0 amide bonds. The Hall–Kier alpha value is -6.30. The standard InChI is InChI=1S/C40H40O21/c1-54-25-10-17(2-8-22(25)43)3-9-30(46)55-15-27-32(48)35(51)37(53)40(61-27)59-26-13-21-23(57-38(26)18-4-6-19(41)7-5-18)11-20(42)12-24(21)58-39-36(52)34(50)33(49)28(60-39)16-56-31(47)14-29(44)45/h2-13,27-28,32-37,39-41,43,48-53H,14-16H2,1H3,(H,44,45)/p+1. The highest BCUT2D eigenvalue weighted by atomic mass is 16.7. The third-order valence-corrected chi connectivity index (χ3v) is 9.46. The smallest absolute Gasteiger partial charge is 0.508 e. The molecule has 2 aromatic carbocycles. The Labute approximate surface area is 343 Å². The summed E-state index contributed by atoms with van der Waals surface area (Å²) in [6, 6.07) is 13.1. The number of aliphatic carboxylic acids is 1. The van der Waals surface area contributed by atoms with Gasteiger partial charge in [0.2, 0.25) is 19.2 Å². The van der Waals surface area contributed by atoms with Crippen LogP contribution in [0.15, 0.2) is 76.0 Å². The van der Waals surface area contributed by atoms with E-state index in [2.05, 4.69) is 0 Å². The van der Waals surface area contributed by atoms with Crippen molar-refractivity contribution in [1.82, 2.24) is 0 Å². The molecule has 21 nitrogen and oxygen atoms in total. The number of aliphatic hydroxyl groups is 6. The normalized spacial score (nSPS) is 26.4. The van der Waals surface area contributed by atoms with E-state index >= 15 is 0 Å². The number of aromatic hydroxyl groups is 2. The second-order valence-corrected chi connectivity index (χ2v) is 13.8. The largest absolute Gasteiger partial charge is 0.510 e. The van der Waals surface area contributed by atoms with Crippen molar-refractivity contribution in [1.29, 1.82) is 0 Å². The minimum Gasteiger partial charge on any atom is -0.508 e. The second kappa shape index (κ2) is 19.0. The number of aliphatic hydroxyl groups excluding tert-OH is 6. The van der Waals surface area contributed by atoms with E-state index < -0.39 is 104 Å². The molecule has 21 heteroatoms. The molecule has 0 bridgehead atoms. The summed E-state index contributed by atoms with van der Waals surface area (Å²) in [6.07, 6.45) is -16.4. The lowest BCUT2D eigenvalue weighted by Crippen LogP contribution is -2.60. The van der Waals surface area contributed by atoms with Gasteiger partial charge in [-0.25, -0.2) is 0 Å². The van der Waals surface area contributed by atoms with Crippen molar-refractivity contribution < 1.29 is 97.9 Å². The molecule has 10 atom stereocenters. The minimum absolute atomic E-state index is 0.0544. The number of carbonyl (C=O) groups excluding carboxylic acids is 2. The van der Waals surface area contributed by atoms with Crippen LogP contribution in [0.2, 0.25) is 0 Å². The molecule has 1 aliphatic carbocycles. The lowest BCUT2D eigenvalue weighted by atomic mass is 9.99. The van der Waals surface area contributed by atoms with Crippen molar-refractivity contribution >= 4 is 24.0 Å². The summed E-state index contributed by atoms with van der Waals surface area (Å²) >= 11 is 0. The van der Waals surface area contributed by atoms with Gasteiger partial charge in [0.1, 0.15) is 73.0 Å². The highest BCUT2D eigenvalue weighted by molar-refractivity contribution is 5.90. The van der Waals surface area contributed by atoms with Crippen LogP contribution in [-0.2, 0) is 28.5 Å². The Morgan fingerprint density at radius 1 is 0.738 bits per heavy atom. The number of benzene rings is 3. The minimum atomic E-state index is -1.96. The molecule has 0 spiro atoms. The summed E-state index contributed by atoms with van der Waals surface area (Å²) in [5.41, 5.74) is 0.0168. The van der Waals surface area contributed by atoms with E-state index in [1.54, 1.807) is 0 Å². The van der Waals surface area contributed by atoms with E-state index in [9.17, 15) is 60.0 Å². The number of carbonyl (C=O) groups is 2. The molecule has 61 heavy (non-hydrogen) atoms. The van der Waals surface area contributed by atoms with Crippen LogP contribution in [0.5, 0.6) is 28.7 Å². The molecule has 0 radical (unpaired) electrons. The number of carboxylic acid groups (broad SMARTS) is 1. The molecule has 2 saturated heterocycles. The van der Waals surface area contributed by atoms with Gasteiger partial charge >= 0.3 is 17.9 Å². The summed E-state index contributed by atoms with van der Waals surface area (Å²) in [5.74, 6) is -4.24. The van der Waals surface area contributed by atoms with E-state index in [1.807, 2.05) is 0 Å². The summed E-state index contributed by atoms with van der Waals surface area (Å²) in [6.45, 7) is -1.34. The average molecular weight is 858 g/mol. The number of hydrogen-bond donors (Lipinski definition) is 9. The van der Waals surface area contributed by atoms with Crippen molar-refractivity contribution in [2.75, 3.05) is 20.3 Å². The fraction of sp³-hybridized carbons (Fsp3) is 0.350. The van der Waals surface area contributed by atoms with Gasteiger partial charge in [-0.05, 0) is 54.1 Å². The van der Waals surface area contributed by atoms with Crippen LogP contribution >= 0.6 is 0 Å². The molecule has 6 rings (SSSR count). The molecule has 2 fully saturated rings. The SMILES string of the molecule is COc1cc(C=CC(=[OH+])OCC2OC(Oc3cc4c(OC5OC(COC(=O)CC(=O)O)C(O)C(O)C5O)cc(=O)cc-4oc3-c3ccc(O)cc3)C(O)C(O)C2O)ccc1O. The first-order valence-corrected chi connectivity index (χ1v) is 18.3. The van der Waals surface area contributed by atoms with Crippen LogP contribution in [0.4, 0.5) is 0 Å². The maximum atomic E-state index is 12.9. The van der Waals surface area contributed by atoms with Crippen LogP contribution in [0, 0.1) is 0 Å². The Morgan fingerprint density at radius 3 is 1.95 bits per heavy atom. The maximum absolute atomic E-state index is 12.9. The fourth-order valence-electron chi connectivity index (χ4n) is 6.24. The van der Waals surface area contributed by atoms with Crippen molar-refractivity contribution in [3.05, 3.63) is 82.5 Å². The van der Waals surface area contributed by atoms with Gasteiger partial charge in [-0.1, -0.05) is 6.07 Å². The molecule has 326 valence electrons. The van der Waals surface area contributed by atoms with Crippen molar-refractivity contribution in [2.24, 2.45) is 0 Å². The van der Waals surface area contributed by atoms with Gasteiger partial charge in [0.25, 0.3) is 0 Å². The molecule has 3 heterocycles. The third-order valence-electron chi connectivity index (χ3n) is 9.46. The Morgan fingerprint density at radius 2 is 1.34 bits per heavy atom. The lowest BCUT2D eigenvalue weighted by molar-refractivity contribution is -0.278. The zero-order valence-electron chi connectivity index (χ0n) is 31.8.